The fourth-order valence-corrected chi connectivity index (χ4v) is 6.22. The van der Waals surface area contributed by atoms with Crippen molar-refractivity contribution in [2.75, 3.05) is 13.1 Å². The monoisotopic (exact) mass is 446 g/mol. The van der Waals surface area contributed by atoms with Crippen LogP contribution in [0.3, 0.4) is 0 Å². The van der Waals surface area contributed by atoms with Crippen LogP contribution < -0.4 is 5.32 Å². The number of sulfonamides is 1. The van der Waals surface area contributed by atoms with E-state index in [2.05, 4.69) is 17.4 Å². The molecule has 7 heteroatoms. The molecule has 2 unspecified atom stereocenters. The van der Waals surface area contributed by atoms with Crippen molar-refractivity contribution < 1.29 is 13.2 Å². The van der Waals surface area contributed by atoms with Gasteiger partial charge in [-0.1, -0.05) is 48.0 Å². The number of nitrogens with one attached hydrogen (secondary N) is 1. The van der Waals surface area contributed by atoms with Crippen LogP contribution in [-0.4, -0.2) is 31.7 Å². The van der Waals surface area contributed by atoms with Crippen LogP contribution in [0, 0.1) is 5.92 Å². The van der Waals surface area contributed by atoms with Gasteiger partial charge < -0.3 is 5.32 Å². The van der Waals surface area contributed by atoms with E-state index in [0.29, 0.717) is 30.0 Å². The second kappa shape index (κ2) is 9.08. The van der Waals surface area contributed by atoms with Gasteiger partial charge in [-0.15, -0.1) is 0 Å². The van der Waals surface area contributed by atoms with Gasteiger partial charge in [-0.3, -0.25) is 4.79 Å². The lowest BCUT2D eigenvalue weighted by atomic mass is 9.87. The number of halogens is 1. The summed E-state index contributed by atoms with van der Waals surface area (Å²) in [6, 6.07) is 15.1. The van der Waals surface area contributed by atoms with Crippen LogP contribution in [0.2, 0.25) is 5.02 Å². The minimum absolute atomic E-state index is 0.0171. The smallest absolute Gasteiger partial charge is 0.224 e. The Kier molecular flexibility index (Phi) is 6.46. The number of amides is 1. The van der Waals surface area contributed by atoms with Crippen molar-refractivity contribution in [3.05, 3.63) is 70.2 Å². The molecule has 1 aliphatic carbocycles. The molecule has 0 aromatic heterocycles. The van der Waals surface area contributed by atoms with Crippen LogP contribution in [0.1, 0.15) is 48.4 Å². The van der Waals surface area contributed by atoms with Crippen molar-refractivity contribution in [2.24, 2.45) is 5.92 Å². The summed E-state index contributed by atoms with van der Waals surface area (Å²) in [4.78, 5) is 13.0. The maximum absolute atomic E-state index is 13.0. The Hall–Kier alpha value is -1.89. The number of fused-ring (bicyclic) bond motifs is 1. The maximum Gasteiger partial charge on any atom is 0.224 e. The normalized spacial score (nSPS) is 22.3. The van der Waals surface area contributed by atoms with E-state index >= 15 is 0 Å². The molecular weight excluding hydrogens is 420 g/mol. The van der Waals surface area contributed by atoms with Gasteiger partial charge in [0.05, 0.1) is 17.7 Å². The Labute approximate surface area is 183 Å². The van der Waals surface area contributed by atoms with Crippen molar-refractivity contribution in [3.63, 3.8) is 0 Å². The molecule has 2 aromatic rings. The second-order valence-corrected chi connectivity index (χ2v) is 10.6. The minimum Gasteiger partial charge on any atom is -0.349 e. The van der Waals surface area contributed by atoms with E-state index in [1.165, 1.54) is 15.4 Å². The summed E-state index contributed by atoms with van der Waals surface area (Å²) >= 11 is 5.89. The molecule has 2 atom stereocenters. The highest BCUT2D eigenvalue weighted by molar-refractivity contribution is 7.88. The molecule has 160 valence electrons. The van der Waals surface area contributed by atoms with E-state index < -0.39 is 10.0 Å². The third kappa shape index (κ3) is 4.88. The fourth-order valence-electron chi connectivity index (χ4n) is 4.49. The predicted octanol–water partition coefficient (Wildman–Crippen LogP) is 4.08. The van der Waals surface area contributed by atoms with Crippen LogP contribution in [0.15, 0.2) is 48.5 Å². The lowest BCUT2D eigenvalue weighted by molar-refractivity contribution is -0.127. The molecule has 1 fully saturated rings. The summed E-state index contributed by atoms with van der Waals surface area (Å²) in [5.74, 6) is -0.426. The zero-order chi connectivity index (χ0) is 21.1. The number of hydrogen-bond donors (Lipinski definition) is 1. The number of nitrogens with zero attached hydrogens (tertiary/aromatic N) is 1. The van der Waals surface area contributed by atoms with Gasteiger partial charge in [0.1, 0.15) is 0 Å². The van der Waals surface area contributed by atoms with E-state index in [1.54, 1.807) is 24.3 Å². The molecule has 1 N–H and O–H groups in total. The van der Waals surface area contributed by atoms with E-state index in [1.807, 2.05) is 12.1 Å². The van der Waals surface area contributed by atoms with Gasteiger partial charge in [-0.25, -0.2) is 12.7 Å². The van der Waals surface area contributed by atoms with Crippen LogP contribution in [0.4, 0.5) is 0 Å². The molecule has 0 saturated carbocycles. The number of rotatable bonds is 5. The summed E-state index contributed by atoms with van der Waals surface area (Å²) in [5, 5.41) is 3.78. The first-order valence-electron chi connectivity index (χ1n) is 10.5. The number of carbonyl (C=O) groups is 1. The van der Waals surface area contributed by atoms with Crippen LogP contribution in [0.5, 0.6) is 0 Å². The molecule has 2 aromatic carbocycles. The van der Waals surface area contributed by atoms with E-state index in [9.17, 15) is 13.2 Å². The van der Waals surface area contributed by atoms with E-state index in [4.69, 9.17) is 11.6 Å². The summed E-state index contributed by atoms with van der Waals surface area (Å²) < 4.78 is 27.3. The number of hydrogen-bond acceptors (Lipinski definition) is 3. The van der Waals surface area contributed by atoms with Crippen molar-refractivity contribution in [2.45, 2.75) is 43.9 Å². The van der Waals surface area contributed by atoms with E-state index in [-0.39, 0.29) is 30.2 Å². The summed E-state index contributed by atoms with van der Waals surface area (Å²) in [6.07, 6.45) is 4.43. The van der Waals surface area contributed by atoms with Crippen molar-refractivity contribution >= 4 is 27.5 Å². The maximum atomic E-state index is 13.0. The summed E-state index contributed by atoms with van der Waals surface area (Å²) in [5.41, 5.74) is 3.19. The zero-order valence-electron chi connectivity index (χ0n) is 16.9. The van der Waals surface area contributed by atoms with Crippen molar-refractivity contribution in [3.8, 4) is 0 Å². The Morgan fingerprint density at radius 2 is 1.83 bits per heavy atom. The Morgan fingerprint density at radius 3 is 2.63 bits per heavy atom. The third-order valence-electron chi connectivity index (χ3n) is 6.10. The summed E-state index contributed by atoms with van der Waals surface area (Å²) in [7, 11) is -3.49. The number of aryl methyl sites for hydroxylation is 1. The molecule has 1 heterocycles. The molecular formula is C23H27ClN2O3S. The van der Waals surface area contributed by atoms with Gasteiger partial charge in [0.15, 0.2) is 0 Å². The molecule has 0 spiro atoms. The fraction of sp³-hybridized carbons (Fsp3) is 0.435. The second-order valence-electron chi connectivity index (χ2n) is 8.23. The molecule has 1 saturated heterocycles. The quantitative estimate of drug-likeness (QED) is 0.752. The average Bonchev–Trinajstić information content (AvgIpc) is 2.75. The van der Waals surface area contributed by atoms with Gasteiger partial charge in [0, 0.05) is 18.1 Å². The van der Waals surface area contributed by atoms with Gasteiger partial charge >= 0.3 is 0 Å². The largest absolute Gasteiger partial charge is 0.349 e. The van der Waals surface area contributed by atoms with Crippen molar-refractivity contribution in [1.29, 1.82) is 0 Å². The van der Waals surface area contributed by atoms with Gasteiger partial charge in [0.25, 0.3) is 0 Å². The highest BCUT2D eigenvalue weighted by atomic mass is 35.5. The molecule has 0 bridgehead atoms. The molecule has 4 rings (SSSR count). The van der Waals surface area contributed by atoms with Crippen molar-refractivity contribution in [1.82, 2.24) is 9.62 Å². The molecule has 1 aliphatic heterocycles. The Morgan fingerprint density at radius 1 is 1.07 bits per heavy atom. The van der Waals surface area contributed by atoms with Gasteiger partial charge in [0.2, 0.25) is 15.9 Å². The zero-order valence-corrected chi connectivity index (χ0v) is 18.5. The first-order chi connectivity index (χ1) is 14.4. The molecule has 2 aliphatic rings. The van der Waals surface area contributed by atoms with E-state index in [0.717, 1.165) is 19.3 Å². The number of piperidine rings is 1. The lowest BCUT2D eigenvalue weighted by Crippen LogP contribution is -2.46. The molecule has 30 heavy (non-hydrogen) atoms. The number of benzene rings is 2. The minimum atomic E-state index is -3.49. The van der Waals surface area contributed by atoms with Crippen LogP contribution in [0.25, 0.3) is 0 Å². The predicted molar refractivity (Wildman–Crippen MR) is 119 cm³/mol. The average molecular weight is 447 g/mol. The lowest BCUT2D eigenvalue weighted by Gasteiger charge is -2.33. The topological polar surface area (TPSA) is 66.5 Å². The van der Waals surface area contributed by atoms with Crippen LogP contribution in [-0.2, 0) is 27.0 Å². The first-order valence-corrected chi connectivity index (χ1v) is 12.5. The number of carbonyl (C=O) groups excluding carboxylic acids is 1. The highest BCUT2D eigenvalue weighted by Crippen LogP contribution is 2.30. The SMILES string of the molecule is O=C(NC1CCCc2ccccc21)C1CCCN(S(=O)(=O)Cc2ccc(Cl)cc2)C1. The summed E-state index contributed by atoms with van der Waals surface area (Å²) in [6.45, 7) is 0.710. The molecule has 5 nitrogen and oxygen atoms in total. The standard InChI is InChI=1S/C23H27ClN2O3S/c24-20-12-10-17(11-13-20)16-30(28,29)26-14-4-7-19(15-26)23(27)25-22-9-3-6-18-5-1-2-8-21(18)22/h1-2,5,8,10-13,19,22H,3-4,6-7,9,14-16H2,(H,25,27). The first kappa shape index (κ1) is 21.3. The third-order valence-corrected chi connectivity index (χ3v) is 8.17. The Balaban J connectivity index is 1.41. The van der Waals surface area contributed by atoms with Gasteiger partial charge in [-0.2, -0.15) is 0 Å². The Bertz CT molecular complexity index is 1010. The van der Waals surface area contributed by atoms with Crippen LogP contribution >= 0.6 is 11.6 Å². The highest BCUT2D eigenvalue weighted by Gasteiger charge is 2.33. The van der Waals surface area contributed by atoms with Gasteiger partial charge in [-0.05, 0) is 60.9 Å². The molecule has 0 radical (unpaired) electrons. The molecule has 1 amide bonds.